The Kier molecular flexibility index (Phi) is 7.49. The molecule has 4 nitrogen and oxygen atoms in total. The Hall–Kier alpha value is -4.01. The molecule has 0 amide bonds. The van der Waals surface area contributed by atoms with Gasteiger partial charge in [0.1, 0.15) is 17.2 Å². The molecular formula is C35H35O4P. The quantitative estimate of drug-likeness (QED) is 0.198. The number of hydrogen-bond donors (Lipinski definition) is 0. The van der Waals surface area contributed by atoms with E-state index in [1.807, 2.05) is 66.7 Å². The largest absolute Gasteiger partial charge is 0.497 e. The summed E-state index contributed by atoms with van der Waals surface area (Å²) in [7, 11) is 1.55. The zero-order valence-electron chi connectivity index (χ0n) is 24.2. The third-order valence-electron chi connectivity index (χ3n) is 8.20. The van der Waals surface area contributed by atoms with E-state index in [9.17, 15) is 0 Å². The van der Waals surface area contributed by atoms with Crippen LogP contribution >= 0.6 is 7.14 Å². The van der Waals surface area contributed by atoms with E-state index in [2.05, 4.69) is 45.9 Å². The molecule has 0 atom stereocenters. The molecule has 5 aromatic carbocycles. The van der Waals surface area contributed by atoms with Crippen LogP contribution in [0.1, 0.15) is 22.3 Å². The monoisotopic (exact) mass is 550 g/mol. The van der Waals surface area contributed by atoms with Gasteiger partial charge < -0.3 is 18.8 Å². The van der Waals surface area contributed by atoms with Gasteiger partial charge in [0.05, 0.1) is 21.3 Å². The first kappa shape index (κ1) is 27.6. The summed E-state index contributed by atoms with van der Waals surface area (Å²) in [6.07, 6.45) is 0. The number of methoxy groups -OCH3 is 3. The maximum atomic E-state index is 16.1. The van der Waals surface area contributed by atoms with Gasteiger partial charge in [-0.25, -0.2) is 0 Å². The molecule has 5 aromatic rings. The number of ether oxygens (including phenoxy) is 3. The van der Waals surface area contributed by atoms with Crippen molar-refractivity contribution in [1.29, 1.82) is 0 Å². The lowest BCUT2D eigenvalue weighted by atomic mass is 9.88. The lowest BCUT2D eigenvalue weighted by molar-refractivity contribution is 0.415. The summed E-state index contributed by atoms with van der Waals surface area (Å²) >= 11 is 0. The van der Waals surface area contributed by atoms with Crippen molar-refractivity contribution >= 4 is 33.8 Å². The molecule has 0 N–H and O–H groups in total. The second-order valence-electron chi connectivity index (χ2n) is 10.1. The molecule has 0 saturated carbocycles. The second-order valence-corrected chi connectivity index (χ2v) is 12.8. The first-order chi connectivity index (χ1) is 19.3. The molecule has 0 aliphatic heterocycles. The van der Waals surface area contributed by atoms with Gasteiger partial charge in [-0.1, -0.05) is 30.3 Å². The predicted octanol–water partition coefficient (Wildman–Crippen LogP) is 7.41. The highest BCUT2D eigenvalue weighted by Gasteiger charge is 2.37. The van der Waals surface area contributed by atoms with Crippen molar-refractivity contribution in [3.63, 3.8) is 0 Å². The van der Waals surface area contributed by atoms with Crippen molar-refractivity contribution in [3.8, 4) is 28.4 Å². The highest BCUT2D eigenvalue weighted by Crippen LogP contribution is 2.51. The summed E-state index contributed by atoms with van der Waals surface area (Å²) in [6.45, 7) is 8.50. The fraction of sp³-hybridized carbons (Fsp3) is 0.200. The molecule has 40 heavy (non-hydrogen) atoms. The molecule has 204 valence electrons. The molecule has 0 bridgehead atoms. The summed E-state index contributed by atoms with van der Waals surface area (Å²) < 4.78 is 33.0. The van der Waals surface area contributed by atoms with Crippen LogP contribution in [0.3, 0.4) is 0 Å². The Balaban J connectivity index is 1.99. The molecule has 0 aromatic heterocycles. The molecule has 5 heteroatoms. The third-order valence-corrected chi connectivity index (χ3v) is 11.4. The van der Waals surface area contributed by atoms with Crippen LogP contribution in [-0.4, -0.2) is 21.3 Å². The number of rotatable bonds is 7. The van der Waals surface area contributed by atoms with Gasteiger partial charge in [-0.15, -0.1) is 0 Å². The molecule has 0 aliphatic carbocycles. The van der Waals surface area contributed by atoms with Crippen LogP contribution in [0.4, 0.5) is 0 Å². The molecule has 0 fully saturated rings. The molecule has 0 unspecified atom stereocenters. The Morgan fingerprint density at radius 2 is 1.05 bits per heavy atom. The van der Waals surface area contributed by atoms with E-state index in [1.54, 1.807) is 21.3 Å². The first-order valence-corrected chi connectivity index (χ1v) is 15.0. The molecule has 5 rings (SSSR count). The van der Waals surface area contributed by atoms with Crippen molar-refractivity contribution < 1.29 is 18.8 Å². The highest BCUT2D eigenvalue weighted by atomic mass is 31.2. The minimum absolute atomic E-state index is 0.717. The van der Waals surface area contributed by atoms with E-state index < -0.39 is 7.14 Å². The molecular weight excluding hydrogens is 515 g/mol. The summed E-state index contributed by atoms with van der Waals surface area (Å²) in [5, 5.41) is 4.47. The summed E-state index contributed by atoms with van der Waals surface area (Å²) in [6, 6.07) is 27.6. The van der Waals surface area contributed by atoms with Gasteiger partial charge in [-0.05, 0) is 115 Å². The first-order valence-electron chi connectivity index (χ1n) is 13.3. The van der Waals surface area contributed by atoms with E-state index in [0.717, 1.165) is 60.3 Å². The standard InChI is InChI=1S/C35H35O4P/c1-22-23(2)25(4)35(33(24(22)3)34-31-11-9-8-10-26(31)12-21-32(34)39-7)40(36,29-17-13-27(37-5)14-18-29)30-19-15-28(38-6)16-20-30/h8-21H,1-7H3. The van der Waals surface area contributed by atoms with Crippen molar-refractivity contribution in [1.82, 2.24) is 0 Å². The van der Waals surface area contributed by atoms with Crippen molar-refractivity contribution in [3.05, 3.63) is 107 Å². The number of benzene rings is 5. The lowest BCUT2D eigenvalue weighted by Crippen LogP contribution is -2.30. The minimum Gasteiger partial charge on any atom is -0.497 e. The predicted molar refractivity (Wildman–Crippen MR) is 167 cm³/mol. The van der Waals surface area contributed by atoms with E-state index in [4.69, 9.17) is 14.2 Å². The third kappa shape index (κ3) is 4.37. The molecule has 0 saturated heterocycles. The number of hydrogen-bond acceptors (Lipinski definition) is 4. The van der Waals surface area contributed by atoms with Crippen molar-refractivity contribution in [2.45, 2.75) is 27.7 Å². The summed E-state index contributed by atoms with van der Waals surface area (Å²) in [5.41, 5.74) is 6.35. The fourth-order valence-corrected chi connectivity index (χ4v) is 8.85. The van der Waals surface area contributed by atoms with E-state index >= 15 is 4.57 Å². The molecule has 0 spiro atoms. The Morgan fingerprint density at radius 3 is 1.57 bits per heavy atom. The van der Waals surface area contributed by atoms with Crippen LogP contribution < -0.4 is 30.1 Å². The van der Waals surface area contributed by atoms with Crippen LogP contribution in [0.15, 0.2) is 84.9 Å². The number of fused-ring (bicyclic) bond motifs is 1. The summed E-state index contributed by atoms with van der Waals surface area (Å²) in [5.74, 6) is 2.18. The van der Waals surface area contributed by atoms with Gasteiger partial charge in [-0.2, -0.15) is 0 Å². The van der Waals surface area contributed by atoms with E-state index in [-0.39, 0.29) is 0 Å². The smallest absolute Gasteiger partial charge is 0.171 e. The Labute approximate surface area is 236 Å². The zero-order valence-corrected chi connectivity index (χ0v) is 25.1. The topological polar surface area (TPSA) is 44.8 Å². The zero-order chi connectivity index (χ0) is 28.6. The van der Waals surface area contributed by atoms with Crippen molar-refractivity contribution in [2.24, 2.45) is 0 Å². The SMILES string of the molecule is COc1ccc(P(=O)(c2ccc(OC)cc2)c2c(C)c(C)c(C)c(C)c2-c2c(OC)ccc3ccccc23)cc1. The van der Waals surface area contributed by atoms with Gasteiger partial charge >= 0.3 is 0 Å². The minimum atomic E-state index is -3.43. The van der Waals surface area contributed by atoms with Gasteiger partial charge in [0, 0.05) is 27.0 Å². The van der Waals surface area contributed by atoms with E-state index in [0.29, 0.717) is 11.5 Å². The van der Waals surface area contributed by atoms with Crippen LogP contribution in [-0.2, 0) is 4.57 Å². The average Bonchev–Trinajstić information content (AvgIpc) is 3.01. The normalized spacial score (nSPS) is 11.5. The van der Waals surface area contributed by atoms with Crippen LogP contribution in [0.5, 0.6) is 17.2 Å². The van der Waals surface area contributed by atoms with Gasteiger partial charge in [-0.3, -0.25) is 0 Å². The lowest BCUT2D eigenvalue weighted by Gasteiger charge is -2.29. The van der Waals surface area contributed by atoms with Crippen molar-refractivity contribution in [2.75, 3.05) is 21.3 Å². The van der Waals surface area contributed by atoms with Gasteiger partial charge in [0.25, 0.3) is 0 Å². The van der Waals surface area contributed by atoms with Crippen LogP contribution in [0, 0.1) is 27.7 Å². The molecule has 0 aliphatic rings. The average molecular weight is 551 g/mol. The Morgan fingerprint density at radius 1 is 0.525 bits per heavy atom. The van der Waals surface area contributed by atoms with Gasteiger partial charge in [0.15, 0.2) is 7.14 Å². The molecule has 0 heterocycles. The molecule has 0 radical (unpaired) electrons. The van der Waals surface area contributed by atoms with E-state index in [1.165, 1.54) is 5.56 Å². The van der Waals surface area contributed by atoms with Gasteiger partial charge in [0.2, 0.25) is 0 Å². The van der Waals surface area contributed by atoms with Crippen LogP contribution in [0.2, 0.25) is 0 Å². The highest BCUT2D eigenvalue weighted by molar-refractivity contribution is 7.85. The summed E-state index contributed by atoms with van der Waals surface area (Å²) in [4.78, 5) is 0. The fourth-order valence-electron chi connectivity index (χ4n) is 5.66. The second kappa shape index (κ2) is 10.9. The maximum absolute atomic E-state index is 16.1. The Bertz CT molecular complexity index is 1700. The van der Waals surface area contributed by atoms with Crippen LogP contribution in [0.25, 0.3) is 21.9 Å². The maximum Gasteiger partial charge on any atom is 0.171 e.